The number of para-hydroxylation sites is 1. The monoisotopic (exact) mass is 335 g/mol. The molecule has 0 bridgehead atoms. The normalized spacial score (nSPS) is 11.4. The van der Waals surface area contributed by atoms with E-state index < -0.39 is 0 Å². The van der Waals surface area contributed by atoms with Crippen molar-refractivity contribution in [3.8, 4) is 0 Å². The Labute approximate surface area is 142 Å². The summed E-state index contributed by atoms with van der Waals surface area (Å²) in [6, 6.07) is 8.09. The molecule has 4 rings (SSSR count). The van der Waals surface area contributed by atoms with E-state index in [1.807, 2.05) is 24.4 Å². The van der Waals surface area contributed by atoms with Crippen LogP contribution in [0.15, 0.2) is 52.4 Å². The van der Waals surface area contributed by atoms with Gasteiger partial charge in [-0.05, 0) is 24.5 Å². The lowest BCUT2D eigenvalue weighted by atomic mass is 10.1. The number of hydrogen-bond acceptors (Lipinski definition) is 4. The second kappa shape index (κ2) is 6.01. The number of aryl methyl sites for hydroxylation is 2. The van der Waals surface area contributed by atoms with Crippen LogP contribution in [0.2, 0.25) is 0 Å². The molecule has 7 heteroatoms. The van der Waals surface area contributed by atoms with E-state index >= 15 is 0 Å². The topological polar surface area (TPSA) is 85.6 Å². The van der Waals surface area contributed by atoms with Gasteiger partial charge in [-0.15, -0.1) is 0 Å². The Bertz CT molecular complexity index is 1190. The second-order valence-corrected chi connectivity index (χ2v) is 5.99. The standard InChI is InChI=1S/C18H17N5O2/c1-22-16-15(19-8-9-20-16)17(24)23(18(22)25)10-4-5-12-11-21-14-7-3-2-6-13(12)14/h2-3,6-9,11,21H,4-5,10H2,1H3. The molecule has 0 atom stereocenters. The molecule has 126 valence electrons. The van der Waals surface area contributed by atoms with Gasteiger partial charge in [-0.25, -0.2) is 14.8 Å². The molecule has 0 fully saturated rings. The van der Waals surface area contributed by atoms with Gasteiger partial charge in [0.05, 0.1) is 0 Å². The number of benzene rings is 1. The maximum absolute atomic E-state index is 12.5. The summed E-state index contributed by atoms with van der Waals surface area (Å²) in [5.41, 5.74) is 2.05. The zero-order valence-electron chi connectivity index (χ0n) is 13.8. The number of rotatable bonds is 4. The van der Waals surface area contributed by atoms with Gasteiger partial charge in [0.2, 0.25) is 0 Å². The molecule has 4 aromatic rings. The highest BCUT2D eigenvalue weighted by Gasteiger charge is 2.12. The summed E-state index contributed by atoms with van der Waals surface area (Å²) in [4.78, 5) is 36.4. The Kier molecular flexibility index (Phi) is 3.68. The summed E-state index contributed by atoms with van der Waals surface area (Å²) in [6.07, 6.45) is 6.38. The average Bonchev–Trinajstić information content (AvgIpc) is 3.06. The van der Waals surface area contributed by atoms with Gasteiger partial charge in [0.25, 0.3) is 5.56 Å². The van der Waals surface area contributed by atoms with Crippen LogP contribution in [0.5, 0.6) is 0 Å². The molecule has 0 radical (unpaired) electrons. The second-order valence-electron chi connectivity index (χ2n) is 5.99. The average molecular weight is 335 g/mol. The molecule has 3 aromatic heterocycles. The van der Waals surface area contributed by atoms with Crippen molar-refractivity contribution in [2.75, 3.05) is 0 Å². The summed E-state index contributed by atoms with van der Waals surface area (Å²) < 4.78 is 2.61. The van der Waals surface area contributed by atoms with Crippen molar-refractivity contribution >= 4 is 22.1 Å². The molecule has 7 nitrogen and oxygen atoms in total. The van der Waals surface area contributed by atoms with E-state index in [2.05, 4.69) is 21.0 Å². The zero-order valence-corrected chi connectivity index (χ0v) is 13.8. The van der Waals surface area contributed by atoms with Gasteiger partial charge in [-0.3, -0.25) is 13.9 Å². The van der Waals surface area contributed by atoms with E-state index in [0.717, 1.165) is 11.9 Å². The lowest BCUT2D eigenvalue weighted by Gasteiger charge is -2.09. The first kappa shape index (κ1) is 15.3. The predicted molar refractivity (Wildman–Crippen MR) is 95.7 cm³/mol. The Hall–Kier alpha value is -3.22. The lowest BCUT2D eigenvalue weighted by Crippen LogP contribution is -2.39. The molecule has 0 saturated carbocycles. The number of H-pyrrole nitrogens is 1. The predicted octanol–water partition coefficient (Wildman–Crippen LogP) is 1.60. The molecule has 0 saturated heterocycles. The number of aromatic nitrogens is 5. The van der Waals surface area contributed by atoms with Crippen LogP contribution in [-0.2, 0) is 20.0 Å². The minimum absolute atomic E-state index is 0.219. The van der Waals surface area contributed by atoms with Crippen LogP contribution >= 0.6 is 0 Å². The molecule has 1 N–H and O–H groups in total. The Morgan fingerprint density at radius 1 is 1.12 bits per heavy atom. The minimum atomic E-state index is -0.384. The van der Waals surface area contributed by atoms with E-state index in [-0.39, 0.29) is 16.8 Å². The molecule has 1 aromatic carbocycles. The van der Waals surface area contributed by atoms with Gasteiger partial charge in [0.1, 0.15) is 0 Å². The summed E-state index contributed by atoms with van der Waals surface area (Å²) >= 11 is 0. The fourth-order valence-electron chi connectivity index (χ4n) is 3.18. The van der Waals surface area contributed by atoms with Crippen LogP contribution in [0.1, 0.15) is 12.0 Å². The first-order chi connectivity index (χ1) is 12.2. The highest BCUT2D eigenvalue weighted by molar-refractivity contribution is 5.83. The van der Waals surface area contributed by atoms with Crippen LogP contribution in [-0.4, -0.2) is 24.1 Å². The van der Waals surface area contributed by atoms with E-state index in [1.165, 1.54) is 32.5 Å². The minimum Gasteiger partial charge on any atom is -0.361 e. The fraction of sp³-hybridized carbons (Fsp3) is 0.222. The number of nitrogens with one attached hydrogen (secondary N) is 1. The number of fused-ring (bicyclic) bond motifs is 2. The first-order valence-electron chi connectivity index (χ1n) is 8.12. The summed E-state index contributed by atoms with van der Waals surface area (Å²) in [5, 5.41) is 1.17. The fourth-order valence-corrected chi connectivity index (χ4v) is 3.18. The smallest absolute Gasteiger partial charge is 0.332 e. The third-order valence-corrected chi connectivity index (χ3v) is 4.46. The van der Waals surface area contributed by atoms with Crippen LogP contribution in [0.3, 0.4) is 0 Å². The van der Waals surface area contributed by atoms with E-state index in [9.17, 15) is 9.59 Å². The Morgan fingerprint density at radius 3 is 2.80 bits per heavy atom. The van der Waals surface area contributed by atoms with Gasteiger partial charge in [-0.1, -0.05) is 18.2 Å². The molecule has 0 aliphatic heterocycles. The van der Waals surface area contributed by atoms with Gasteiger partial charge < -0.3 is 4.98 Å². The lowest BCUT2D eigenvalue weighted by molar-refractivity contribution is 0.572. The molecular weight excluding hydrogens is 318 g/mol. The van der Waals surface area contributed by atoms with Crippen LogP contribution in [0.4, 0.5) is 0 Å². The summed E-state index contributed by atoms with van der Waals surface area (Å²) in [7, 11) is 1.61. The maximum atomic E-state index is 12.5. The highest BCUT2D eigenvalue weighted by atomic mass is 16.2. The summed E-state index contributed by atoms with van der Waals surface area (Å²) in [6.45, 7) is 0.345. The van der Waals surface area contributed by atoms with Crippen molar-refractivity contribution in [2.45, 2.75) is 19.4 Å². The number of hydrogen-bond donors (Lipinski definition) is 1. The largest absolute Gasteiger partial charge is 0.361 e. The number of nitrogens with zero attached hydrogens (tertiary/aromatic N) is 4. The van der Waals surface area contributed by atoms with Gasteiger partial charge >= 0.3 is 5.69 Å². The van der Waals surface area contributed by atoms with Crippen molar-refractivity contribution in [3.05, 3.63) is 69.3 Å². The van der Waals surface area contributed by atoms with Crippen molar-refractivity contribution in [1.82, 2.24) is 24.1 Å². The summed E-state index contributed by atoms with van der Waals surface area (Å²) in [5.74, 6) is 0. The Morgan fingerprint density at radius 2 is 1.92 bits per heavy atom. The molecule has 3 heterocycles. The zero-order chi connectivity index (χ0) is 17.4. The highest BCUT2D eigenvalue weighted by Crippen LogP contribution is 2.19. The molecule has 0 amide bonds. The van der Waals surface area contributed by atoms with Crippen LogP contribution in [0.25, 0.3) is 22.1 Å². The SMILES string of the molecule is Cn1c(=O)n(CCCc2c[nH]c3ccccc23)c(=O)c2nccnc21. The van der Waals surface area contributed by atoms with Crippen LogP contribution < -0.4 is 11.2 Å². The quantitative estimate of drug-likeness (QED) is 0.614. The molecule has 0 unspecified atom stereocenters. The number of aromatic amines is 1. The maximum Gasteiger partial charge on any atom is 0.332 e. The van der Waals surface area contributed by atoms with Crippen molar-refractivity contribution in [3.63, 3.8) is 0 Å². The third-order valence-electron chi connectivity index (χ3n) is 4.46. The Balaban J connectivity index is 1.63. The third kappa shape index (κ3) is 2.53. The van der Waals surface area contributed by atoms with Gasteiger partial charge in [-0.2, -0.15) is 0 Å². The van der Waals surface area contributed by atoms with E-state index in [1.54, 1.807) is 7.05 Å². The molecule has 25 heavy (non-hydrogen) atoms. The van der Waals surface area contributed by atoms with Crippen LogP contribution in [0, 0.1) is 0 Å². The van der Waals surface area contributed by atoms with E-state index in [4.69, 9.17) is 0 Å². The molecular formula is C18H17N5O2. The molecule has 0 aliphatic carbocycles. The van der Waals surface area contributed by atoms with Gasteiger partial charge in [0, 0.05) is 43.1 Å². The van der Waals surface area contributed by atoms with E-state index in [0.29, 0.717) is 18.6 Å². The molecule has 0 aliphatic rings. The molecule has 0 spiro atoms. The first-order valence-corrected chi connectivity index (χ1v) is 8.12. The van der Waals surface area contributed by atoms with Crippen molar-refractivity contribution in [1.29, 1.82) is 0 Å². The van der Waals surface area contributed by atoms with Gasteiger partial charge in [0.15, 0.2) is 11.2 Å². The van der Waals surface area contributed by atoms with Crippen molar-refractivity contribution in [2.24, 2.45) is 7.05 Å². The van der Waals surface area contributed by atoms with Crippen molar-refractivity contribution < 1.29 is 0 Å².